The van der Waals surface area contributed by atoms with E-state index in [0.717, 1.165) is 19.3 Å². The quantitative estimate of drug-likeness (QED) is 0.424. The Kier molecular flexibility index (Phi) is 7.93. The van der Waals surface area contributed by atoms with Crippen LogP contribution in [0.4, 0.5) is 11.4 Å². The van der Waals surface area contributed by atoms with Gasteiger partial charge in [0.2, 0.25) is 11.8 Å². The number of nitrogens with one attached hydrogen (secondary N) is 1. The van der Waals surface area contributed by atoms with Crippen LogP contribution in [-0.4, -0.2) is 30.9 Å². The van der Waals surface area contributed by atoms with E-state index in [9.17, 15) is 14.4 Å². The SMILES string of the molecule is CCCCCOC(=O)c1ccc(NC(=O)[C@H]2CC(=O)N(c3cccc(Cl)c3Cl)C2)cc1. The minimum atomic E-state index is -0.522. The van der Waals surface area contributed by atoms with Crippen LogP contribution in [0, 0.1) is 5.92 Å². The summed E-state index contributed by atoms with van der Waals surface area (Å²) in [5.74, 6) is -1.37. The number of ether oxygens (including phenoxy) is 1. The van der Waals surface area contributed by atoms with Crippen molar-refractivity contribution in [3.05, 3.63) is 58.1 Å². The fourth-order valence-electron chi connectivity index (χ4n) is 3.35. The van der Waals surface area contributed by atoms with E-state index in [-0.39, 0.29) is 35.8 Å². The van der Waals surface area contributed by atoms with Crippen LogP contribution in [0.3, 0.4) is 0 Å². The predicted octanol–water partition coefficient (Wildman–Crippen LogP) is 5.33. The Labute approximate surface area is 191 Å². The molecule has 1 aliphatic rings. The minimum absolute atomic E-state index is 0.0802. The highest BCUT2D eigenvalue weighted by Gasteiger charge is 2.36. The summed E-state index contributed by atoms with van der Waals surface area (Å²) >= 11 is 12.3. The van der Waals surface area contributed by atoms with Crippen molar-refractivity contribution in [2.75, 3.05) is 23.4 Å². The molecule has 3 rings (SSSR count). The number of nitrogens with zero attached hydrogens (tertiary/aromatic N) is 1. The van der Waals surface area contributed by atoms with E-state index in [1.165, 1.54) is 4.90 Å². The maximum absolute atomic E-state index is 12.7. The molecule has 1 fully saturated rings. The smallest absolute Gasteiger partial charge is 0.338 e. The molecule has 0 saturated carbocycles. The lowest BCUT2D eigenvalue weighted by atomic mass is 10.1. The molecule has 0 radical (unpaired) electrons. The van der Waals surface area contributed by atoms with E-state index in [1.54, 1.807) is 42.5 Å². The number of halogens is 2. The van der Waals surface area contributed by atoms with Gasteiger partial charge in [-0.25, -0.2) is 4.79 Å². The number of benzene rings is 2. The van der Waals surface area contributed by atoms with Gasteiger partial charge in [-0.1, -0.05) is 49.0 Å². The topological polar surface area (TPSA) is 75.7 Å². The second-order valence-corrected chi connectivity index (χ2v) is 8.17. The van der Waals surface area contributed by atoms with Gasteiger partial charge >= 0.3 is 5.97 Å². The summed E-state index contributed by atoms with van der Waals surface area (Å²) in [6, 6.07) is 11.5. The van der Waals surface area contributed by atoms with E-state index in [2.05, 4.69) is 12.2 Å². The van der Waals surface area contributed by atoms with Crippen molar-refractivity contribution in [2.24, 2.45) is 5.92 Å². The van der Waals surface area contributed by atoms with Crippen LogP contribution in [0.5, 0.6) is 0 Å². The zero-order chi connectivity index (χ0) is 22.4. The Morgan fingerprint density at radius 2 is 1.87 bits per heavy atom. The minimum Gasteiger partial charge on any atom is -0.462 e. The van der Waals surface area contributed by atoms with Crippen molar-refractivity contribution in [1.82, 2.24) is 0 Å². The number of carbonyl (C=O) groups excluding carboxylic acids is 3. The molecule has 31 heavy (non-hydrogen) atoms. The molecule has 0 bridgehead atoms. The molecule has 0 aliphatic carbocycles. The monoisotopic (exact) mass is 462 g/mol. The summed E-state index contributed by atoms with van der Waals surface area (Å²) in [5.41, 5.74) is 1.46. The van der Waals surface area contributed by atoms with E-state index < -0.39 is 5.92 Å². The molecule has 6 nitrogen and oxygen atoms in total. The number of hydrogen-bond acceptors (Lipinski definition) is 4. The first-order valence-electron chi connectivity index (χ1n) is 10.2. The molecule has 1 atom stereocenters. The molecule has 2 aromatic carbocycles. The lowest BCUT2D eigenvalue weighted by molar-refractivity contribution is -0.122. The third-order valence-corrected chi connectivity index (χ3v) is 5.90. The van der Waals surface area contributed by atoms with Crippen molar-refractivity contribution in [1.29, 1.82) is 0 Å². The third kappa shape index (κ3) is 5.77. The van der Waals surface area contributed by atoms with E-state index in [0.29, 0.717) is 28.6 Å². The Hall–Kier alpha value is -2.57. The summed E-state index contributed by atoms with van der Waals surface area (Å²) in [6.07, 6.45) is 3.00. The number of unbranched alkanes of at least 4 members (excludes halogenated alkanes) is 2. The predicted molar refractivity (Wildman–Crippen MR) is 122 cm³/mol. The van der Waals surface area contributed by atoms with Crippen LogP contribution in [0.2, 0.25) is 10.0 Å². The first-order chi connectivity index (χ1) is 14.9. The van der Waals surface area contributed by atoms with Gasteiger partial charge in [-0.3, -0.25) is 9.59 Å². The Bertz CT molecular complexity index is 963. The molecule has 1 aliphatic heterocycles. The average molecular weight is 463 g/mol. The fourth-order valence-corrected chi connectivity index (χ4v) is 3.75. The number of carbonyl (C=O) groups is 3. The lowest BCUT2D eigenvalue weighted by Gasteiger charge is -2.18. The van der Waals surface area contributed by atoms with Crippen molar-refractivity contribution in [2.45, 2.75) is 32.6 Å². The van der Waals surface area contributed by atoms with Gasteiger partial charge in [0.25, 0.3) is 0 Å². The van der Waals surface area contributed by atoms with Gasteiger partial charge in [-0.15, -0.1) is 0 Å². The van der Waals surface area contributed by atoms with Gasteiger partial charge in [0, 0.05) is 18.7 Å². The second kappa shape index (κ2) is 10.6. The maximum atomic E-state index is 12.7. The van der Waals surface area contributed by atoms with Crippen molar-refractivity contribution < 1.29 is 19.1 Å². The normalized spacial score (nSPS) is 15.8. The molecule has 1 heterocycles. The molecule has 1 N–H and O–H groups in total. The Balaban J connectivity index is 1.57. The summed E-state index contributed by atoms with van der Waals surface area (Å²) in [6.45, 7) is 2.70. The van der Waals surface area contributed by atoms with Gasteiger partial charge in [-0.05, 0) is 42.8 Å². The Morgan fingerprint density at radius 3 is 2.58 bits per heavy atom. The van der Waals surface area contributed by atoms with Crippen molar-refractivity contribution in [3.63, 3.8) is 0 Å². The van der Waals surface area contributed by atoms with Gasteiger partial charge < -0.3 is 15.0 Å². The van der Waals surface area contributed by atoms with Crippen LogP contribution < -0.4 is 10.2 Å². The number of esters is 1. The number of rotatable bonds is 8. The summed E-state index contributed by atoms with van der Waals surface area (Å²) in [4.78, 5) is 38.6. The first kappa shape index (κ1) is 23.1. The molecule has 2 aromatic rings. The number of hydrogen-bond donors (Lipinski definition) is 1. The van der Waals surface area contributed by atoms with Crippen LogP contribution in [-0.2, 0) is 14.3 Å². The molecular formula is C23H24Cl2N2O4. The van der Waals surface area contributed by atoms with E-state index in [4.69, 9.17) is 27.9 Å². The highest BCUT2D eigenvalue weighted by molar-refractivity contribution is 6.44. The highest BCUT2D eigenvalue weighted by atomic mass is 35.5. The largest absolute Gasteiger partial charge is 0.462 e. The maximum Gasteiger partial charge on any atom is 0.338 e. The zero-order valence-electron chi connectivity index (χ0n) is 17.2. The molecule has 0 aromatic heterocycles. The Morgan fingerprint density at radius 1 is 1.13 bits per heavy atom. The molecular weight excluding hydrogens is 439 g/mol. The van der Waals surface area contributed by atoms with Crippen LogP contribution in [0.1, 0.15) is 43.0 Å². The zero-order valence-corrected chi connectivity index (χ0v) is 18.7. The summed E-state index contributed by atoms with van der Waals surface area (Å²) in [7, 11) is 0. The van der Waals surface area contributed by atoms with Gasteiger partial charge in [0.1, 0.15) is 0 Å². The van der Waals surface area contributed by atoms with Crippen LogP contribution >= 0.6 is 23.2 Å². The molecule has 164 valence electrons. The lowest BCUT2D eigenvalue weighted by Crippen LogP contribution is -2.28. The molecule has 1 saturated heterocycles. The van der Waals surface area contributed by atoms with E-state index >= 15 is 0 Å². The summed E-state index contributed by atoms with van der Waals surface area (Å²) in [5, 5.41) is 3.44. The van der Waals surface area contributed by atoms with Gasteiger partial charge in [0.05, 0.1) is 33.8 Å². The number of amides is 2. The molecule has 0 unspecified atom stereocenters. The first-order valence-corrected chi connectivity index (χ1v) is 11.0. The third-order valence-electron chi connectivity index (χ3n) is 5.09. The van der Waals surface area contributed by atoms with Crippen molar-refractivity contribution >= 4 is 52.4 Å². The fraction of sp³-hybridized carbons (Fsp3) is 0.348. The second-order valence-electron chi connectivity index (χ2n) is 7.39. The summed E-state index contributed by atoms with van der Waals surface area (Å²) < 4.78 is 5.23. The molecule has 8 heteroatoms. The van der Waals surface area contributed by atoms with E-state index in [1.807, 2.05) is 0 Å². The standard InChI is InChI=1S/C23H24Cl2N2O4/c1-2-3-4-12-31-23(30)15-8-10-17(11-9-15)26-22(29)16-13-20(28)27(14-16)19-7-5-6-18(24)21(19)25/h5-11,16H,2-4,12-14H2,1H3,(H,26,29)/t16-/m0/s1. The highest BCUT2D eigenvalue weighted by Crippen LogP contribution is 2.35. The molecule has 0 spiro atoms. The van der Waals surface area contributed by atoms with Gasteiger partial charge in [0.15, 0.2) is 0 Å². The van der Waals surface area contributed by atoms with Crippen molar-refractivity contribution in [3.8, 4) is 0 Å². The van der Waals surface area contributed by atoms with Crippen LogP contribution in [0.15, 0.2) is 42.5 Å². The van der Waals surface area contributed by atoms with Gasteiger partial charge in [-0.2, -0.15) is 0 Å². The average Bonchev–Trinajstić information content (AvgIpc) is 3.15. The van der Waals surface area contributed by atoms with Crippen LogP contribution in [0.25, 0.3) is 0 Å². The molecule has 2 amide bonds. The number of anilines is 2.